The molecule has 1 amide bonds. The van der Waals surface area contributed by atoms with Gasteiger partial charge in [0.1, 0.15) is 11.5 Å². The van der Waals surface area contributed by atoms with Gasteiger partial charge in [0.15, 0.2) is 0 Å². The van der Waals surface area contributed by atoms with Crippen molar-refractivity contribution in [3.63, 3.8) is 0 Å². The highest BCUT2D eigenvalue weighted by atomic mass is 16.6. The molecule has 6 heteroatoms. The standard InChI is InChI=1S/C19H21N3O3/c1-13(20-16-7-5-6-8-17(16)22(24)25)21-18(23)14-9-11-15(12-10-14)19(2,3)4/h5-12,20H,1H2,2-4H3,(H,21,23). The summed E-state index contributed by atoms with van der Waals surface area (Å²) in [5.41, 5.74) is 1.79. The number of nitrogens with one attached hydrogen (secondary N) is 2. The first-order valence-corrected chi connectivity index (χ1v) is 7.80. The Morgan fingerprint density at radius 3 is 2.24 bits per heavy atom. The van der Waals surface area contributed by atoms with Crippen LogP contribution in [0.1, 0.15) is 36.7 Å². The number of para-hydroxylation sites is 2. The lowest BCUT2D eigenvalue weighted by Gasteiger charge is -2.19. The van der Waals surface area contributed by atoms with Crippen molar-refractivity contribution in [2.45, 2.75) is 26.2 Å². The van der Waals surface area contributed by atoms with Gasteiger partial charge in [0.05, 0.1) is 4.92 Å². The van der Waals surface area contributed by atoms with Crippen LogP contribution < -0.4 is 10.6 Å². The maximum absolute atomic E-state index is 12.3. The van der Waals surface area contributed by atoms with E-state index in [-0.39, 0.29) is 28.5 Å². The minimum atomic E-state index is -0.497. The molecule has 2 rings (SSSR count). The van der Waals surface area contributed by atoms with E-state index in [0.29, 0.717) is 5.56 Å². The van der Waals surface area contributed by atoms with Crippen molar-refractivity contribution in [1.29, 1.82) is 0 Å². The summed E-state index contributed by atoms with van der Waals surface area (Å²) in [6.07, 6.45) is 0. The van der Waals surface area contributed by atoms with Gasteiger partial charge in [-0.25, -0.2) is 0 Å². The molecule has 0 bridgehead atoms. The Bertz CT molecular complexity index is 805. The van der Waals surface area contributed by atoms with E-state index >= 15 is 0 Å². The Hall–Kier alpha value is -3.15. The zero-order chi connectivity index (χ0) is 18.6. The third-order valence-electron chi connectivity index (χ3n) is 3.66. The Labute approximate surface area is 146 Å². The van der Waals surface area contributed by atoms with Gasteiger partial charge in [-0.15, -0.1) is 0 Å². The molecule has 0 unspecified atom stereocenters. The lowest BCUT2D eigenvalue weighted by molar-refractivity contribution is -0.383. The number of nitrogens with zero attached hydrogens (tertiary/aromatic N) is 1. The molecule has 0 aliphatic heterocycles. The Morgan fingerprint density at radius 2 is 1.68 bits per heavy atom. The number of hydrogen-bond acceptors (Lipinski definition) is 4. The summed E-state index contributed by atoms with van der Waals surface area (Å²) in [6.45, 7) is 10.0. The lowest BCUT2D eigenvalue weighted by Crippen LogP contribution is -2.26. The molecule has 0 fully saturated rings. The number of carbonyl (C=O) groups excluding carboxylic acids is 1. The smallest absolute Gasteiger partial charge is 0.292 e. The van der Waals surface area contributed by atoms with E-state index in [0.717, 1.165) is 5.56 Å². The second-order valence-corrected chi connectivity index (χ2v) is 6.66. The summed E-state index contributed by atoms with van der Waals surface area (Å²) in [7, 11) is 0. The van der Waals surface area contributed by atoms with E-state index in [1.54, 1.807) is 30.3 Å². The van der Waals surface area contributed by atoms with Crippen LogP contribution in [0.2, 0.25) is 0 Å². The number of hydrogen-bond donors (Lipinski definition) is 2. The Balaban J connectivity index is 2.06. The third-order valence-corrected chi connectivity index (χ3v) is 3.66. The first kappa shape index (κ1) is 18.2. The molecule has 2 aromatic rings. The van der Waals surface area contributed by atoms with Crippen molar-refractivity contribution in [1.82, 2.24) is 5.32 Å². The molecule has 0 aliphatic carbocycles. The number of anilines is 1. The zero-order valence-electron chi connectivity index (χ0n) is 14.5. The fraction of sp³-hybridized carbons (Fsp3) is 0.211. The normalized spacial score (nSPS) is 10.8. The number of rotatable bonds is 5. The fourth-order valence-electron chi connectivity index (χ4n) is 2.26. The Morgan fingerprint density at radius 1 is 1.08 bits per heavy atom. The molecule has 25 heavy (non-hydrogen) atoms. The van der Waals surface area contributed by atoms with E-state index < -0.39 is 4.92 Å². The maximum atomic E-state index is 12.3. The summed E-state index contributed by atoms with van der Waals surface area (Å²) in [6, 6.07) is 13.5. The number of nitro benzene ring substituents is 1. The second kappa shape index (κ2) is 7.17. The van der Waals surface area contributed by atoms with Crippen LogP contribution in [0.15, 0.2) is 60.9 Å². The van der Waals surface area contributed by atoms with E-state index in [1.165, 1.54) is 6.07 Å². The van der Waals surface area contributed by atoms with Crippen LogP contribution in [0, 0.1) is 10.1 Å². The molecule has 2 N–H and O–H groups in total. The summed E-state index contributed by atoms with van der Waals surface area (Å²) < 4.78 is 0. The highest BCUT2D eigenvalue weighted by Gasteiger charge is 2.16. The van der Waals surface area contributed by atoms with Gasteiger partial charge in [0.25, 0.3) is 11.6 Å². The first-order chi connectivity index (χ1) is 11.7. The van der Waals surface area contributed by atoms with Crippen molar-refractivity contribution in [2.24, 2.45) is 0 Å². The average Bonchev–Trinajstić information content (AvgIpc) is 2.54. The van der Waals surface area contributed by atoms with E-state index in [9.17, 15) is 14.9 Å². The van der Waals surface area contributed by atoms with Crippen LogP contribution in [0.25, 0.3) is 0 Å². The SMILES string of the molecule is C=C(NC(=O)c1ccc(C(C)(C)C)cc1)Nc1ccccc1[N+](=O)[O-]. The molecule has 2 aromatic carbocycles. The Kier molecular flexibility index (Phi) is 5.22. The second-order valence-electron chi connectivity index (χ2n) is 6.66. The van der Waals surface area contributed by atoms with Crippen LogP contribution in [0.4, 0.5) is 11.4 Å². The minimum Gasteiger partial charge on any atom is -0.337 e. The van der Waals surface area contributed by atoms with Gasteiger partial charge in [-0.1, -0.05) is 51.6 Å². The summed E-state index contributed by atoms with van der Waals surface area (Å²) >= 11 is 0. The summed E-state index contributed by atoms with van der Waals surface area (Å²) in [4.78, 5) is 22.8. The van der Waals surface area contributed by atoms with Gasteiger partial charge >= 0.3 is 0 Å². The molecule has 0 atom stereocenters. The zero-order valence-corrected chi connectivity index (χ0v) is 14.5. The van der Waals surface area contributed by atoms with Crippen LogP contribution in [-0.4, -0.2) is 10.8 Å². The molecule has 130 valence electrons. The van der Waals surface area contributed by atoms with Gasteiger partial charge in [-0.3, -0.25) is 14.9 Å². The quantitative estimate of drug-likeness (QED) is 0.631. The topological polar surface area (TPSA) is 84.3 Å². The van der Waals surface area contributed by atoms with Gasteiger partial charge in [-0.2, -0.15) is 0 Å². The molecule has 0 saturated carbocycles. The average molecular weight is 339 g/mol. The molecule has 0 saturated heterocycles. The molecule has 0 spiro atoms. The maximum Gasteiger partial charge on any atom is 0.292 e. The van der Waals surface area contributed by atoms with Gasteiger partial charge in [-0.05, 0) is 29.2 Å². The molecule has 0 aromatic heterocycles. The number of carbonyl (C=O) groups is 1. The predicted octanol–water partition coefficient (Wildman–Crippen LogP) is 4.21. The molecule has 6 nitrogen and oxygen atoms in total. The number of benzene rings is 2. The van der Waals surface area contributed by atoms with Crippen molar-refractivity contribution in [3.8, 4) is 0 Å². The molecule has 0 radical (unpaired) electrons. The van der Waals surface area contributed by atoms with Crippen LogP contribution in [0.5, 0.6) is 0 Å². The molecular weight excluding hydrogens is 318 g/mol. The van der Waals surface area contributed by atoms with Gasteiger partial charge in [0, 0.05) is 11.6 Å². The van der Waals surface area contributed by atoms with Crippen molar-refractivity contribution >= 4 is 17.3 Å². The van der Waals surface area contributed by atoms with Crippen LogP contribution in [0.3, 0.4) is 0 Å². The first-order valence-electron chi connectivity index (χ1n) is 7.80. The predicted molar refractivity (Wildman–Crippen MR) is 98.5 cm³/mol. The van der Waals surface area contributed by atoms with E-state index in [2.05, 4.69) is 38.0 Å². The monoisotopic (exact) mass is 339 g/mol. The molecule has 0 aliphatic rings. The van der Waals surface area contributed by atoms with Crippen LogP contribution >= 0.6 is 0 Å². The largest absolute Gasteiger partial charge is 0.337 e. The van der Waals surface area contributed by atoms with E-state index in [4.69, 9.17) is 0 Å². The van der Waals surface area contributed by atoms with Gasteiger partial charge in [0.2, 0.25) is 0 Å². The van der Waals surface area contributed by atoms with Crippen LogP contribution in [-0.2, 0) is 5.41 Å². The van der Waals surface area contributed by atoms with E-state index in [1.807, 2.05) is 12.1 Å². The summed E-state index contributed by atoms with van der Waals surface area (Å²) in [5, 5.41) is 16.4. The minimum absolute atomic E-state index is 0.00635. The molecule has 0 heterocycles. The third kappa shape index (κ3) is 4.67. The van der Waals surface area contributed by atoms with Gasteiger partial charge < -0.3 is 10.6 Å². The van der Waals surface area contributed by atoms with Crippen molar-refractivity contribution in [2.75, 3.05) is 5.32 Å². The number of amides is 1. The highest BCUT2D eigenvalue weighted by molar-refractivity contribution is 5.95. The van der Waals surface area contributed by atoms with Crippen molar-refractivity contribution in [3.05, 3.63) is 82.2 Å². The van der Waals surface area contributed by atoms with Crippen molar-refractivity contribution < 1.29 is 9.72 Å². The number of nitro groups is 1. The highest BCUT2D eigenvalue weighted by Crippen LogP contribution is 2.24. The summed E-state index contributed by atoms with van der Waals surface area (Å²) in [5.74, 6) is -0.171. The fourth-order valence-corrected chi connectivity index (χ4v) is 2.26. The molecular formula is C19H21N3O3. The lowest BCUT2D eigenvalue weighted by atomic mass is 9.87.